The third-order valence-corrected chi connectivity index (χ3v) is 8.79. The number of nitrogens with zero attached hydrogens (tertiary/aromatic N) is 2. The quantitative estimate of drug-likeness (QED) is 0.410. The zero-order chi connectivity index (χ0) is 23.0. The van der Waals surface area contributed by atoms with Crippen molar-refractivity contribution in [2.75, 3.05) is 23.3 Å². The predicted molar refractivity (Wildman–Crippen MR) is 139 cm³/mol. The van der Waals surface area contributed by atoms with Crippen LogP contribution in [0.25, 0.3) is 0 Å². The molecule has 2 amide bonds. The Kier molecular flexibility index (Phi) is 5.80. The van der Waals surface area contributed by atoms with Crippen LogP contribution in [0.2, 0.25) is 0 Å². The van der Waals surface area contributed by atoms with Crippen molar-refractivity contribution in [3.05, 3.63) is 59.7 Å². The second-order valence-corrected chi connectivity index (χ2v) is 11.2. The number of urea groups is 1. The summed E-state index contributed by atoms with van der Waals surface area (Å²) >= 11 is 0. The Bertz CT molecular complexity index is 1000. The molecule has 0 radical (unpaired) electrons. The van der Waals surface area contributed by atoms with Gasteiger partial charge in [-0.05, 0) is 116 Å². The molecule has 5 fully saturated rings. The van der Waals surface area contributed by atoms with Crippen molar-refractivity contribution in [1.29, 1.82) is 0 Å². The summed E-state index contributed by atoms with van der Waals surface area (Å²) in [4.78, 5) is 14.8. The molecule has 34 heavy (non-hydrogen) atoms. The molecule has 4 bridgehead atoms. The summed E-state index contributed by atoms with van der Waals surface area (Å²) in [6, 6.07) is 16.7. The Morgan fingerprint density at radius 2 is 1.47 bits per heavy atom. The maximum absolute atomic E-state index is 12.3. The number of anilines is 2. The Hall–Kier alpha value is -2.82. The largest absolute Gasteiger partial charge is 0.372 e. The van der Waals surface area contributed by atoms with Gasteiger partial charge in [0.1, 0.15) is 0 Å². The molecule has 1 saturated heterocycles. The Labute approximate surface area is 203 Å². The number of piperidine rings is 1. The van der Waals surface area contributed by atoms with Gasteiger partial charge in [0, 0.05) is 24.5 Å². The third kappa shape index (κ3) is 4.45. The lowest BCUT2D eigenvalue weighted by Crippen LogP contribution is -2.48. The number of hydrogen-bond acceptors (Lipinski definition) is 3. The SMILES string of the molecule is O=C(N/N=C/c1ccc(N2CCCCC2)cc1)Nc1ccc(C23CC4CC(CC(C4)C2)C3)cc1. The van der Waals surface area contributed by atoms with Gasteiger partial charge in [0.15, 0.2) is 0 Å². The molecule has 0 unspecified atom stereocenters. The van der Waals surface area contributed by atoms with E-state index in [1.807, 2.05) is 0 Å². The predicted octanol–water partition coefficient (Wildman–Crippen LogP) is 6.30. The van der Waals surface area contributed by atoms with E-state index in [9.17, 15) is 4.79 Å². The first-order chi connectivity index (χ1) is 16.6. The molecule has 2 N–H and O–H groups in total. The van der Waals surface area contributed by atoms with Gasteiger partial charge < -0.3 is 10.2 Å². The fraction of sp³-hybridized carbons (Fsp3) is 0.517. The van der Waals surface area contributed by atoms with E-state index in [0.29, 0.717) is 5.41 Å². The average Bonchev–Trinajstić information content (AvgIpc) is 2.85. The fourth-order valence-corrected chi connectivity index (χ4v) is 7.62. The van der Waals surface area contributed by atoms with Gasteiger partial charge in [0.25, 0.3) is 0 Å². The van der Waals surface area contributed by atoms with E-state index in [-0.39, 0.29) is 6.03 Å². The van der Waals surface area contributed by atoms with Crippen molar-refractivity contribution in [1.82, 2.24) is 5.43 Å². The summed E-state index contributed by atoms with van der Waals surface area (Å²) in [6.07, 6.45) is 14.0. The maximum Gasteiger partial charge on any atom is 0.339 e. The highest BCUT2D eigenvalue weighted by molar-refractivity contribution is 5.90. The van der Waals surface area contributed by atoms with Crippen LogP contribution >= 0.6 is 0 Å². The van der Waals surface area contributed by atoms with Gasteiger partial charge in [-0.1, -0.05) is 24.3 Å². The fourth-order valence-electron chi connectivity index (χ4n) is 7.62. The lowest BCUT2D eigenvalue weighted by Gasteiger charge is -2.57. The van der Waals surface area contributed by atoms with E-state index < -0.39 is 0 Å². The minimum absolute atomic E-state index is 0.316. The van der Waals surface area contributed by atoms with E-state index in [0.717, 1.165) is 42.1 Å². The number of carbonyl (C=O) groups is 1. The summed E-state index contributed by atoms with van der Waals surface area (Å²) < 4.78 is 0. The topological polar surface area (TPSA) is 56.7 Å². The first-order valence-electron chi connectivity index (χ1n) is 13.2. The van der Waals surface area contributed by atoms with Crippen LogP contribution in [0.3, 0.4) is 0 Å². The molecule has 2 aromatic rings. The molecular weight excluding hydrogens is 420 g/mol. The number of benzene rings is 2. The molecule has 0 spiro atoms. The normalized spacial score (nSPS) is 30.0. The second kappa shape index (κ2) is 9.09. The molecule has 1 heterocycles. The molecule has 5 heteroatoms. The van der Waals surface area contributed by atoms with Crippen LogP contribution in [0.4, 0.5) is 16.2 Å². The van der Waals surface area contributed by atoms with E-state index in [4.69, 9.17) is 0 Å². The Balaban J connectivity index is 1.02. The monoisotopic (exact) mass is 456 g/mol. The molecule has 178 valence electrons. The number of rotatable bonds is 5. The first kappa shape index (κ1) is 21.7. The van der Waals surface area contributed by atoms with E-state index in [1.165, 1.54) is 69.0 Å². The number of carbonyl (C=O) groups excluding carboxylic acids is 1. The van der Waals surface area contributed by atoms with Crippen LogP contribution in [0.15, 0.2) is 53.6 Å². The lowest BCUT2D eigenvalue weighted by molar-refractivity contribution is -0.00518. The smallest absolute Gasteiger partial charge is 0.339 e. The van der Waals surface area contributed by atoms with Crippen molar-refractivity contribution in [3.63, 3.8) is 0 Å². The number of amides is 2. The number of hydrogen-bond donors (Lipinski definition) is 2. The second-order valence-electron chi connectivity index (χ2n) is 11.2. The molecule has 4 saturated carbocycles. The Morgan fingerprint density at radius 3 is 2.09 bits per heavy atom. The lowest BCUT2D eigenvalue weighted by atomic mass is 9.48. The molecule has 2 aromatic carbocycles. The molecule has 4 aliphatic carbocycles. The summed E-state index contributed by atoms with van der Waals surface area (Å²) in [7, 11) is 0. The van der Waals surface area contributed by atoms with Crippen molar-refractivity contribution in [2.45, 2.75) is 63.2 Å². The molecule has 5 aliphatic rings. The van der Waals surface area contributed by atoms with Crippen molar-refractivity contribution < 1.29 is 4.79 Å². The zero-order valence-corrected chi connectivity index (χ0v) is 20.0. The van der Waals surface area contributed by atoms with E-state index in [2.05, 4.69) is 69.3 Å². The van der Waals surface area contributed by atoms with Crippen LogP contribution in [-0.4, -0.2) is 25.3 Å². The molecular formula is C29H36N4O. The van der Waals surface area contributed by atoms with Crippen LogP contribution < -0.4 is 15.6 Å². The van der Waals surface area contributed by atoms with E-state index in [1.54, 1.807) is 6.21 Å². The van der Waals surface area contributed by atoms with Crippen LogP contribution in [-0.2, 0) is 5.41 Å². The van der Waals surface area contributed by atoms with Crippen LogP contribution in [0.1, 0.15) is 68.9 Å². The molecule has 0 aromatic heterocycles. The third-order valence-electron chi connectivity index (χ3n) is 8.79. The Morgan fingerprint density at radius 1 is 0.853 bits per heavy atom. The molecule has 1 aliphatic heterocycles. The summed E-state index contributed by atoms with van der Waals surface area (Å²) in [5, 5.41) is 7.03. The minimum Gasteiger partial charge on any atom is -0.372 e. The zero-order valence-electron chi connectivity index (χ0n) is 20.0. The number of nitrogens with one attached hydrogen (secondary N) is 2. The highest BCUT2D eigenvalue weighted by Crippen LogP contribution is 2.60. The highest BCUT2D eigenvalue weighted by atomic mass is 16.2. The summed E-state index contributed by atoms with van der Waals surface area (Å²) in [5.41, 5.74) is 7.51. The highest BCUT2D eigenvalue weighted by Gasteiger charge is 2.51. The van der Waals surface area contributed by atoms with Crippen LogP contribution in [0, 0.1) is 17.8 Å². The molecule has 7 rings (SSSR count). The van der Waals surface area contributed by atoms with Gasteiger partial charge in [0.2, 0.25) is 0 Å². The van der Waals surface area contributed by atoms with Gasteiger partial charge >= 0.3 is 6.03 Å². The van der Waals surface area contributed by atoms with Gasteiger partial charge in [-0.25, -0.2) is 10.2 Å². The van der Waals surface area contributed by atoms with Crippen molar-refractivity contribution >= 4 is 23.6 Å². The molecule has 0 atom stereocenters. The van der Waals surface area contributed by atoms with Crippen molar-refractivity contribution in [3.8, 4) is 0 Å². The summed E-state index contributed by atoms with van der Waals surface area (Å²) in [6.45, 7) is 2.28. The summed E-state index contributed by atoms with van der Waals surface area (Å²) in [5.74, 6) is 2.82. The number of hydrazone groups is 1. The minimum atomic E-state index is -0.316. The van der Waals surface area contributed by atoms with Gasteiger partial charge in [-0.2, -0.15) is 5.10 Å². The van der Waals surface area contributed by atoms with Gasteiger partial charge in [0.05, 0.1) is 6.21 Å². The maximum atomic E-state index is 12.3. The van der Waals surface area contributed by atoms with Crippen molar-refractivity contribution in [2.24, 2.45) is 22.9 Å². The van der Waals surface area contributed by atoms with Crippen LogP contribution in [0.5, 0.6) is 0 Å². The standard InChI is InChI=1S/C29H36N4O/c34-28(32-30-20-21-4-10-27(11-5-21)33-12-2-1-3-13-33)31-26-8-6-25(7-9-26)29-17-22-14-23(18-29)16-24(15-22)19-29/h4-11,20,22-24H,1-3,12-19H2,(H2,31,32,34)/b30-20+. The first-order valence-corrected chi connectivity index (χ1v) is 13.2. The molecule has 5 nitrogen and oxygen atoms in total. The van der Waals surface area contributed by atoms with Gasteiger partial charge in [-0.3, -0.25) is 0 Å². The van der Waals surface area contributed by atoms with E-state index >= 15 is 0 Å². The average molecular weight is 457 g/mol. The van der Waals surface area contributed by atoms with Gasteiger partial charge in [-0.15, -0.1) is 0 Å².